The van der Waals surface area contributed by atoms with Gasteiger partial charge in [-0.15, -0.1) is 0 Å². The highest BCUT2D eigenvalue weighted by atomic mass is 19.1. The number of imidazole rings is 1. The molecule has 168 valence electrons. The number of hydrogen-bond donors (Lipinski definition) is 1. The van der Waals surface area contributed by atoms with Gasteiger partial charge in [0.15, 0.2) is 0 Å². The van der Waals surface area contributed by atoms with E-state index in [1.807, 2.05) is 35.7 Å². The van der Waals surface area contributed by atoms with Crippen molar-refractivity contribution >= 4 is 5.69 Å². The van der Waals surface area contributed by atoms with Crippen molar-refractivity contribution < 1.29 is 4.39 Å². The van der Waals surface area contributed by atoms with Crippen LogP contribution in [-0.4, -0.2) is 39.0 Å². The van der Waals surface area contributed by atoms with Crippen LogP contribution in [0.5, 0.6) is 0 Å². The van der Waals surface area contributed by atoms with Crippen LogP contribution in [0, 0.1) is 11.7 Å². The van der Waals surface area contributed by atoms with E-state index >= 15 is 0 Å². The predicted octanol–water partition coefficient (Wildman–Crippen LogP) is 4.33. The summed E-state index contributed by atoms with van der Waals surface area (Å²) in [7, 11) is 0. The number of hydrogen-bond acceptors (Lipinski definition) is 4. The number of nitrogens with zero attached hydrogens (tertiary/aromatic N) is 5. The molecule has 6 rings (SSSR count). The maximum atomic E-state index is 14.8. The molecule has 0 radical (unpaired) electrons. The van der Waals surface area contributed by atoms with Crippen LogP contribution in [0.2, 0.25) is 0 Å². The Morgan fingerprint density at radius 2 is 1.82 bits per heavy atom. The lowest BCUT2D eigenvalue weighted by Gasteiger charge is -2.37. The molecule has 4 heterocycles. The summed E-state index contributed by atoms with van der Waals surface area (Å²) in [6.45, 7) is 3.23. The van der Waals surface area contributed by atoms with E-state index in [2.05, 4.69) is 43.8 Å². The van der Waals surface area contributed by atoms with Crippen molar-refractivity contribution in [1.29, 1.82) is 0 Å². The monoisotopic (exact) mass is 442 g/mol. The zero-order valence-corrected chi connectivity index (χ0v) is 18.4. The standard InChI is InChI=1S/C26H27FN6/c27-23-3-1-2-22-24-15-29-17-33(24)26(25(22)23)19-8-11-31(12-9-19)21-6-4-18(5-7-21)20-14-30-32(16-20)13-10-28/h1-7,14-17,19,26H,8-13,28H2/t26-/m0/s1. The van der Waals surface area contributed by atoms with Gasteiger partial charge in [-0.1, -0.05) is 24.3 Å². The van der Waals surface area contributed by atoms with Crippen molar-refractivity contribution in [2.75, 3.05) is 24.5 Å². The Morgan fingerprint density at radius 3 is 2.61 bits per heavy atom. The van der Waals surface area contributed by atoms with Crippen molar-refractivity contribution in [3.8, 4) is 22.4 Å². The lowest BCUT2D eigenvalue weighted by atomic mass is 9.85. The fourth-order valence-electron chi connectivity index (χ4n) is 5.50. The zero-order valence-electron chi connectivity index (χ0n) is 18.4. The molecule has 0 bridgehead atoms. The van der Waals surface area contributed by atoms with Crippen LogP contribution in [0.1, 0.15) is 24.4 Å². The van der Waals surface area contributed by atoms with E-state index in [9.17, 15) is 4.39 Å². The third-order valence-corrected chi connectivity index (χ3v) is 7.13. The third kappa shape index (κ3) is 3.43. The minimum Gasteiger partial charge on any atom is -0.372 e. The molecule has 0 spiro atoms. The van der Waals surface area contributed by atoms with E-state index in [0.717, 1.165) is 60.4 Å². The molecule has 4 aromatic rings. The Balaban J connectivity index is 1.17. The molecular formula is C26H27FN6. The van der Waals surface area contributed by atoms with Gasteiger partial charge in [0.05, 0.1) is 37.0 Å². The molecule has 2 aromatic carbocycles. The Hall–Kier alpha value is -3.45. The van der Waals surface area contributed by atoms with Gasteiger partial charge in [-0.05, 0) is 42.5 Å². The smallest absolute Gasteiger partial charge is 0.129 e. The molecule has 0 aliphatic carbocycles. The molecule has 0 unspecified atom stereocenters. The van der Waals surface area contributed by atoms with Gasteiger partial charge in [0.1, 0.15) is 5.82 Å². The Kier molecular flexibility index (Phi) is 4.99. The van der Waals surface area contributed by atoms with Crippen LogP contribution in [0.25, 0.3) is 22.4 Å². The number of piperidine rings is 1. The number of nitrogens with two attached hydrogens (primary N) is 1. The summed E-state index contributed by atoms with van der Waals surface area (Å²) in [6, 6.07) is 14.1. The fourth-order valence-corrected chi connectivity index (χ4v) is 5.50. The van der Waals surface area contributed by atoms with Gasteiger partial charge in [-0.2, -0.15) is 5.10 Å². The number of anilines is 1. The summed E-state index contributed by atoms with van der Waals surface area (Å²) in [5.41, 5.74) is 12.0. The van der Waals surface area contributed by atoms with Crippen LogP contribution in [-0.2, 0) is 6.54 Å². The first-order valence-electron chi connectivity index (χ1n) is 11.6. The highest BCUT2D eigenvalue weighted by Crippen LogP contribution is 2.46. The average molecular weight is 443 g/mol. The topological polar surface area (TPSA) is 64.9 Å². The van der Waals surface area contributed by atoms with Crippen LogP contribution < -0.4 is 10.6 Å². The molecule has 1 atom stereocenters. The Bertz CT molecular complexity index is 1270. The second-order valence-corrected chi connectivity index (χ2v) is 8.98. The summed E-state index contributed by atoms with van der Waals surface area (Å²) >= 11 is 0. The second kappa shape index (κ2) is 8.15. The number of benzene rings is 2. The highest BCUT2D eigenvalue weighted by Gasteiger charge is 2.37. The van der Waals surface area contributed by atoms with E-state index < -0.39 is 0 Å². The third-order valence-electron chi connectivity index (χ3n) is 7.13. The first-order valence-corrected chi connectivity index (χ1v) is 11.6. The second-order valence-electron chi connectivity index (χ2n) is 8.98. The summed E-state index contributed by atoms with van der Waals surface area (Å²) in [5.74, 6) is 0.286. The first kappa shape index (κ1) is 20.2. The van der Waals surface area contributed by atoms with Gasteiger partial charge in [-0.25, -0.2) is 9.37 Å². The molecular weight excluding hydrogens is 415 g/mol. The Morgan fingerprint density at radius 1 is 1.00 bits per heavy atom. The van der Waals surface area contributed by atoms with Crippen molar-refractivity contribution in [3.63, 3.8) is 0 Å². The first-order chi connectivity index (χ1) is 16.2. The number of fused-ring (bicyclic) bond motifs is 3. The molecule has 2 aliphatic rings. The molecule has 0 saturated carbocycles. The molecule has 2 N–H and O–H groups in total. The number of rotatable bonds is 5. The van der Waals surface area contributed by atoms with Crippen molar-refractivity contribution in [2.24, 2.45) is 11.7 Å². The van der Waals surface area contributed by atoms with Crippen LogP contribution >= 0.6 is 0 Å². The lowest BCUT2D eigenvalue weighted by molar-refractivity contribution is 0.312. The van der Waals surface area contributed by atoms with Gasteiger partial charge < -0.3 is 15.2 Å². The quantitative estimate of drug-likeness (QED) is 0.500. The summed E-state index contributed by atoms with van der Waals surface area (Å²) < 4.78 is 18.9. The van der Waals surface area contributed by atoms with Crippen LogP contribution in [0.15, 0.2) is 67.4 Å². The Labute approximate surface area is 192 Å². The minimum absolute atomic E-state index is 0.0354. The van der Waals surface area contributed by atoms with Gasteiger partial charge in [0.25, 0.3) is 0 Å². The molecule has 7 heteroatoms. The van der Waals surface area contributed by atoms with Crippen LogP contribution in [0.3, 0.4) is 0 Å². The maximum absolute atomic E-state index is 14.8. The zero-order chi connectivity index (χ0) is 22.4. The van der Waals surface area contributed by atoms with E-state index in [0.29, 0.717) is 12.5 Å². The van der Waals surface area contributed by atoms with Gasteiger partial charge >= 0.3 is 0 Å². The number of halogens is 1. The highest BCUT2D eigenvalue weighted by molar-refractivity contribution is 5.69. The van der Waals surface area contributed by atoms with Crippen molar-refractivity contribution in [3.05, 3.63) is 78.8 Å². The maximum Gasteiger partial charge on any atom is 0.129 e. The van der Waals surface area contributed by atoms with Crippen molar-refractivity contribution in [2.45, 2.75) is 25.4 Å². The average Bonchev–Trinajstić information content (AvgIpc) is 3.57. The van der Waals surface area contributed by atoms with Crippen LogP contribution in [0.4, 0.5) is 10.1 Å². The largest absolute Gasteiger partial charge is 0.372 e. The summed E-state index contributed by atoms with van der Waals surface area (Å²) in [4.78, 5) is 6.78. The minimum atomic E-state index is -0.103. The molecule has 2 aromatic heterocycles. The molecule has 33 heavy (non-hydrogen) atoms. The van der Waals surface area contributed by atoms with E-state index in [4.69, 9.17) is 5.73 Å². The van der Waals surface area contributed by atoms with E-state index in [1.165, 1.54) is 5.69 Å². The normalized spacial score (nSPS) is 17.9. The molecule has 1 saturated heterocycles. The van der Waals surface area contributed by atoms with Gasteiger partial charge in [0, 0.05) is 48.2 Å². The lowest BCUT2D eigenvalue weighted by Crippen LogP contribution is -2.36. The van der Waals surface area contributed by atoms with E-state index in [-0.39, 0.29) is 11.9 Å². The van der Waals surface area contributed by atoms with Crippen molar-refractivity contribution in [1.82, 2.24) is 19.3 Å². The number of aromatic nitrogens is 4. The SMILES string of the molecule is NCCn1cc(-c2ccc(N3CCC([C@H]4c5c(F)cccc5-c5cncn54)CC3)cc2)cn1. The molecule has 2 aliphatic heterocycles. The molecule has 1 fully saturated rings. The van der Waals surface area contributed by atoms with Gasteiger partial charge in [0.2, 0.25) is 0 Å². The van der Waals surface area contributed by atoms with E-state index in [1.54, 1.807) is 12.1 Å². The summed E-state index contributed by atoms with van der Waals surface area (Å²) in [5, 5.41) is 4.37. The predicted molar refractivity (Wildman–Crippen MR) is 127 cm³/mol. The van der Waals surface area contributed by atoms with Gasteiger partial charge in [-0.3, -0.25) is 4.68 Å². The fraction of sp³-hybridized carbons (Fsp3) is 0.308. The molecule has 6 nitrogen and oxygen atoms in total. The summed E-state index contributed by atoms with van der Waals surface area (Å²) in [6.07, 6.45) is 9.68. The molecule has 0 amide bonds.